The second-order valence-electron chi connectivity index (χ2n) is 6.31. The Kier molecular flexibility index (Phi) is 7.67. The molecule has 144 valence electrons. The highest BCUT2D eigenvalue weighted by Gasteiger charge is 2.09. The van der Waals surface area contributed by atoms with Crippen LogP contribution in [0.3, 0.4) is 0 Å². The summed E-state index contributed by atoms with van der Waals surface area (Å²) in [6.07, 6.45) is 0. The first kappa shape index (κ1) is 20.3. The summed E-state index contributed by atoms with van der Waals surface area (Å²) in [5.41, 5.74) is 1.02. The van der Waals surface area contributed by atoms with Crippen LogP contribution in [-0.2, 0) is 9.53 Å². The maximum Gasteiger partial charge on any atom is 0.338 e. The fourth-order valence-corrected chi connectivity index (χ4v) is 2.16. The molecule has 0 spiro atoms. The summed E-state index contributed by atoms with van der Waals surface area (Å²) in [6.45, 7) is 6.71. The molecule has 0 radical (unpaired) electrons. The van der Waals surface area contributed by atoms with E-state index < -0.39 is 0 Å². The van der Waals surface area contributed by atoms with Crippen LogP contribution >= 0.6 is 0 Å². The number of esters is 1. The molecule has 2 aromatic rings. The lowest BCUT2D eigenvalue weighted by molar-refractivity contribution is -0.118. The summed E-state index contributed by atoms with van der Waals surface area (Å²) >= 11 is 0. The number of rotatable bonds is 9. The van der Waals surface area contributed by atoms with Gasteiger partial charge in [0.15, 0.2) is 6.61 Å². The Labute approximate surface area is 159 Å². The Balaban J connectivity index is 1.80. The third-order valence-electron chi connectivity index (χ3n) is 3.46. The molecule has 6 nitrogen and oxygen atoms in total. The Morgan fingerprint density at radius 2 is 1.52 bits per heavy atom. The number of benzene rings is 2. The molecule has 6 heteroatoms. The monoisotopic (exact) mass is 371 g/mol. The molecular formula is C21H25NO5. The molecule has 0 aromatic heterocycles. The van der Waals surface area contributed by atoms with Crippen molar-refractivity contribution in [3.63, 3.8) is 0 Å². The van der Waals surface area contributed by atoms with Crippen LogP contribution in [-0.4, -0.2) is 31.7 Å². The van der Waals surface area contributed by atoms with Gasteiger partial charge in [-0.15, -0.1) is 0 Å². The molecule has 0 saturated heterocycles. The van der Waals surface area contributed by atoms with Gasteiger partial charge in [-0.1, -0.05) is 13.8 Å². The van der Waals surface area contributed by atoms with Crippen molar-refractivity contribution in [1.82, 2.24) is 0 Å². The zero-order chi connectivity index (χ0) is 19.6. The SMILES string of the molecule is CCOc1ccc(OCC(=O)Nc2ccc(C(=O)OCC(C)C)cc2)cc1. The van der Waals surface area contributed by atoms with Gasteiger partial charge in [-0.3, -0.25) is 4.79 Å². The molecule has 0 heterocycles. The van der Waals surface area contributed by atoms with Crippen molar-refractivity contribution in [1.29, 1.82) is 0 Å². The van der Waals surface area contributed by atoms with Gasteiger partial charge in [0.1, 0.15) is 11.5 Å². The largest absolute Gasteiger partial charge is 0.494 e. The van der Waals surface area contributed by atoms with Gasteiger partial charge >= 0.3 is 5.97 Å². The molecule has 0 atom stereocenters. The maximum atomic E-state index is 12.0. The first-order chi connectivity index (χ1) is 13.0. The van der Waals surface area contributed by atoms with Crippen LogP contribution in [0.1, 0.15) is 31.1 Å². The van der Waals surface area contributed by atoms with E-state index in [-0.39, 0.29) is 24.4 Å². The number of carbonyl (C=O) groups is 2. The summed E-state index contributed by atoms with van der Waals surface area (Å²) in [7, 11) is 0. The minimum atomic E-state index is -0.375. The summed E-state index contributed by atoms with van der Waals surface area (Å²) in [6, 6.07) is 13.6. The predicted molar refractivity (Wildman–Crippen MR) is 103 cm³/mol. The predicted octanol–water partition coefficient (Wildman–Crippen LogP) is 3.92. The van der Waals surface area contributed by atoms with Gasteiger partial charge in [0.05, 0.1) is 18.8 Å². The summed E-state index contributed by atoms with van der Waals surface area (Å²) in [4.78, 5) is 23.9. The zero-order valence-corrected chi connectivity index (χ0v) is 15.9. The fraction of sp³-hybridized carbons (Fsp3) is 0.333. The molecule has 1 N–H and O–H groups in total. The van der Waals surface area contributed by atoms with E-state index in [0.29, 0.717) is 30.2 Å². The van der Waals surface area contributed by atoms with E-state index >= 15 is 0 Å². The third kappa shape index (κ3) is 7.01. The number of hydrogen-bond acceptors (Lipinski definition) is 5. The van der Waals surface area contributed by atoms with E-state index in [4.69, 9.17) is 14.2 Å². The molecule has 27 heavy (non-hydrogen) atoms. The average Bonchev–Trinajstić information content (AvgIpc) is 2.66. The van der Waals surface area contributed by atoms with Crippen LogP contribution in [0.2, 0.25) is 0 Å². The first-order valence-electron chi connectivity index (χ1n) is 8.90. The van der Waals surface area contributed by atoms with E-state index in [2.05, 4.69) is 5.32 Å². The minimum Gasteiger partial charge on any atom is -0.494 e. The number of ether oxygens (including phenoxy) is 3. The normalized spacial score (nSPS) is 10.4. The van der Waals surface area contributed by atoms with Crippen molar-refractivity contribution >= 4 is 17.6 Å². The van der Waals surface area contributed by atoms with Crippen LogP contribution in [0.15, 0.2) is 48.5 Å². The molecule has 2 rings (SSSR count). The highest BCUT2D eigenvalue weighted by molar-refractivity contribution is 5.93. The first-order valence-corrected chi connectivity index (χ1v) is 8.90. The van der Waals surface area contributed by atoms with E-state index in [1.54, 1.807) is 48.5 Å². The van der Waals surface area contributed by atoms with Crippen LogP contribution in [0.4, 0.5) is 5.69 Å². The molecular weight excluding hydrogens is 346 g/mol. The van der Waals surface area contributed by atoms with Gasteiger partial charge in [0.25, 0.3) is 5.91 Å². The standard InChI is InChI=1S/C21H25NO5/c1-4-25-18-9-11-19(12-10-18)26-14-20(23)22-17-7-5-16(6-8-17)21(24)27-13-15(2)3/h5-12,15H,4,13-14H2,1-3H3,(H,22,23). The van der Waals surface area contributed by atoms with Crippen LogP contribution < -0.4 is 14.8 Å². The Hall–Kier alpha value is -3.02. The molecule has 0 unspecified atom stereocenters. The lowest BCUT2D eigenvalue weighted by atomic mass is 10.2. The maximum absolute atomic E-state index is 12.0. The number of nitrogens with one attached hydrogen (secondary N) is 1. The van der Waals surface area contributed by atoms with Crippen LogP contribution in [0, 0.1) is 5.92 Å². The number of amides is 1. The van der Waals surface area contributed by atoms with E-state index in [0.717, 1.165) is 5.75 Å². The minimum absolute atomic E-state index is 0.119. The van der Waals surface area contributed by atoms with E-state index in [1.165, 1.54) is 0 Å². The van der Waals surface area contributed by atoms with Crippen LogP contribution in [0.5, 0.6) is 11.5 Å². The molecule has 2 aromatic carbocycles. The van der Waals surface area contributed by atoms with Gasteiger partial charge in [-0.05, 0) is 61.4 Å². The summed E-state index contributed by atoms with van der Waals surface area (Å²) in [5.74, 6) is 0.945. The second-order valence-corrected chi connectivity index (χ2v) is 6.31. The fourth-order valence-electron chi connectivity index (χ4n) is 2.16. The number of anilines is 1. The molecule has 0 aliphatic rings. The van der Waals surface area contributed by atoms with Crippen molar-refractivity contribution in [2.75, 3.05) is 25.1 Å². The van der Waals surface area contributed by atoms with E-state index in [9.17, 15) is 9.59 Å². The van der Waals surface area contributed by atoms with E-state index in [1.807, 2.05) is 20.8 Å². The Morgan fingerprint density at radius 1 is 0.926 bits per heavy atom. The smallest absolute Gasteiger partial charge is 0.338 e. The summed E-state index contributed by atoms with van der Waals surface area (Å²) in [5, 5.41) is 2.72. The quantitative estimate of drug-likeness (QED) is 0.677. The van der Waals surface area contributed by atoms with Crippen LogP contribution in [0.25, 0.3) is 0 Å². The summed E-state index contributed by atoms with van der Waals surface area (Å²) < 4.78 is 16.0. The van der Waals surface area contributed by atoms with Gasteiger partial charge in [-0.2, -0.15) is 0 Å². The molecule has 0 saturated carbocycles. The Bertz CT molecular complexity index is 738. The van der Waals surface area contributed by atoms with Crippen molar-refractivity contribution < 1.29 is 23.8 Å². The van der Waals surface area contributed by atoms with Crippen molar-refractivity contribution in [2.24, 2.45) is 5.92 Å². The van der Waals surface area contributed by atoms with Gasteiger partial charge in [-0.25, -0.2) is 4.79 Å². The van der Waals surface area contributed by atoms with Crippen molar-refractivity contribution in [3.8, 4) is 11.5 Å². The number of hydrogen-bond donors (Lipinski definition) is 1. The van der Waals surface area contributed by atoms with Crippen molar-refractivity contribution in [3.05, 3.63) is 54.1 Å². The lowest BCUT2D eigenvalue weighted by Crippen LogP contribution is -2.20. The van der Waals surface area contributed by atoms with Gasteiger partial charge in [0, 0.05) is 5.69 Å². The van der Waals surface area contributed by atoms with Gasteiger partial charge < -0.3 is 19.5 Å². The topological polar surface area (TPSA) is 73.9 Å². The molecule has 1 amide bonds. The van der Waals surface area contributed by atoms with Crippen molar-refractivity contribution in [2.45, 2.75) is 20.8 Å². The zero-order valence-electron chi connectivity index (χ0n) is 15.9. The molecule has 0 aliphatic carbocycles. The highest BCUT2D eigenvalue weighted by atomic mass is 16.5. The Morgan fingerprint density at radius 3 is 2.07 bits per heavy atom. The second kappa shape index (κ2) is 10.2. The molecule has 0 aliphatic heterocycles. The highest BCUT2D eigenvalue weighted by Crippen LogP contribution is 2.17. The molecule has 0 fully saturated rings. The third-order valence-corrected chi connectivity index (χ3v) is 3.46. The average molecular weight is 371 g/mol. The van der Waals surface area contributed by atoms with Gasteiger partial charge in [0.2, 0.25) is 0 Å². The number of carbonyl (C=O) groups excluding carboxylic acids is 2. The molecule has 0 bridgehead atoms. The lowest BCUT2D eigenvalue weighted by Gasteiger charge is -2.10.